The van der Waals surface area contributed by atoms with Crippen LogP contribution >= 0.6 is 0 Å². The third-order valence-electron chi connectivity index (χ3n) is 2.65. The molecule has 0 radical (unpaired) electrons. The van der Waals surface area contributed by atoms with Gasteiger partial charge in [-0.25, -0.2) is 9.59 Å². The minimum absolute atomic E-state index is 0.0124. The van der Waals surface area contributed by atoms with Gasteiger partial charge in [0.1, 0.15) is 11.6 Å². The van der Waals surface area contributed by atoms with Gasteiger partial charge < -0.3 is 9.84 Å². The first-order valence-corrected chi connectivity index (χ1v) is 6.77. The first kappa shape index (κ1) is 18.8. The normalized spacial score (nSPS) is 13.3. The summed E-state index contributed by atoms with van der Waals surface area (Å²) in [7, 11) is 0. The van der Waals surface area contributed by atoms with Gasteiger partial charge in [0.05, 0.1) is 6.42 Å². The van der Waals surface area contributed by atoms with E-state index in [1.54, 1.807) is 6.07 Å². The summed E-state index contributed by atoms with van der Waals surface area (Å²) in [5, 5.41) is 9.17. The van der Waals surface area contributed by atoms with Crippen LogP contribution in [0, 0.1) is 0 Å². The fourth-order valence-corrected chi connectivity index (χ4v) is 1.82. The molecule has 0 aliphatic heterocycles. The van der Waals surface area contributed by atoms with Crippen LogP contribution in [0.4, 0.5) is 23.7 Å². The SMILES string of the molecule is CC(C)(C)OC(=O)N(c1ccccc1)C(CC(F)(F)F)C(=O)O. The Morgan fingerprint density at radius 2 is 1.70 bits per heavy atom. The molecule has 23 heavy (non-hydrogen) atoms. The van der Waals surface area contributed by atoms with Crippen LogP contribution < -0.4 is 4.90 Å². The number of anilines is 1. The summed E-state index contributed by atoms with van der Waals surface area (Å²) in [5.74, 6) is -1.77. The predicted molar refractivity (Wildman–Crippen MR) is 77.3 cm³/mol. The number of rotatable bonds is 4. The van der Waals surface area contributed by atoms with Crippen LogP contribution in [0.3, 0.4) is 0 Å². The lowest BCUT2D eigenvalue weighted by Gasteiger charge is -2.31. The maximum atomic E-state index is 12.7. The minimum Gasteiger partial charge on any atom is -0.480 e. The Morgan fingerprint density at radius 1 is 1.17 bits per heavy atom. The lowest BCUT2D eigenvalue weighted by atomic mass is 10.1. The lowest BCUT2D eigenvalue weighted by Crippen LogP contribution is -2.49. The minimum atomic E-state index is -4.75. The van der Waals surface area contributed by atoms with Gasteiger partial charge in [-0.05, 0) is 32.9 Å². The zero-order chi connectivity index (χ0) is 17.8. The molecular weight excluding hydrogens is 315 g/mol. The van der Waals surface area contributed by atoms with Crippen LogP contribution in [0.15, 0.2) is 30.3 Å². The summed E-state index contributed by atoms with van der Waals surface area (Å²) in [6.07, 6.45) is -7.59. The van der Waals surface area contributed by atoms with Crippen molar-refractivity contribution in [1.29, 1.82) is 0 Å². The van der Waals surface area contributed by atoms with Gasteiger partial charge in [0.15, 0.2) is 0 Å². The highest BCUT2D eigenvalue weighted by atomic mass is 19.4. The van der Waals surface area contributed by atoms with E-state index in [0.29, 0.717) is 4.90 Å². The van der Waals surface area contributed by atoms with E-state index in [1.807, 2.05) is 0 Å². The average molecular weight is 333 g/mol. The van der Waals surface area contributed by atoms with Crippen LogP contribution in [0.2, 0.25) is 0 Å². The molecule has 8 heteroatoms. The van der Waals surface area contributed by atoms with Crippen LogP contribution in [-0.4, -0.2) is 35.0 Å². The second-order valence-corrected chi connectivity index (χ2v) is 5.86. The molecule has 0 spiro atoms. The first-order chi connectivity index (χ1) is 10.4. The number of carbonyl (C=O) groups is 2. The summed E-state index contributed by atoms with van der Waals surface area (Å²) in [5.41, 5.74) is -0.968. The first-order valence-electron chi connectivity index (χ1n) is 6.77. The largest absolute Gasteiger partial charge is 0.480 e. The number of hydrogen-bond acceptors (Lipinski definition) is 3. The van der Waals surface area contributed by atoms with Crippen molar-refractivity contribution in [3.05, 3.63) is 30.3 Å². The summed E-state index contributed by atoms with van der Waals surface area (Å²) in [6.45, 7) is 4.61. The van der Waals surface area contributed by atoms with Crippen molar-refractivity contribution in [3.63, 3.8) is 0 Å². The maximum absolute atomic E-state index is 12.7. The summed E-state index contributed by atoms with van der Waals surface area (Å²) in [6, 6.07) is 5.13. The van der Waals surface area contributed by atoms with Crippen LogP contribution in [-0.2, 0) is 9.53 Å². The molecule has 1 amide bonds. The molecule has 0 saturated heterocycles. The number of para-hydroxylation sites is 1. The molecule has 5 nitrogen and oxygen atoms in total. The van der Waals surface area contributed by atoms with E-state index in [1.165, 1.54) is 45.0 Å². The average Bonchev–Trinajstić information content (AvgIpc) is 2.35. The number of carboxylic acids is 1. The summed E-state index contributed by atoms with van der Waals surface area (Å²) >= 11 is 0. The number of aliphatic carboxylic acids is 1. The van der Waals surface area contributed by atoms with Gasteiger partial charge in [0, 0.05) is 5.69 Å². The highest BCUT2D eigenvalue weighted by Gasteiger charge is 2.42. The third-order valence-corrected chi connectivity index (χ3v) is 2.65. The van der Waals surface area contributed by atoms with Gasteiger partial charge in [-0.1, -0.05) is 18.2 Å². The molecule has 0 bridgehead atoms. The Labute approximate surface area is 131 Å². The van der Waals surface area contributed by atoms with E-state index < -0.39 is 36.3 Å². The van der Waals surface area contributed by atoms with E-state index in [-0.39, 0.29) is 5.69 Å². The number of carboxylic acid groups (broad SMARTS) is 1. The van der Waals surface area contributed by atoms with Gasteiger partial charge in [-0.2, -0.15) is 13.2 Å². The summed E-state index contributed by atoms with van der Waals surface area (Å²) < 4.78 is 43.2. The van der Waals surface area contributed by atoms with E-state index in [4.69, 9.17) is 9.84 Å². The van der Waals surface area contributed by atoms with E-state index in [2.05, 4.69) is 0 Å². The van der Waals surface area contributed by atoms with Crippen molar-refractivity contribution in [1.82, 2.24) is 0 Å². The lowest BCUT2D eigenvalue weighted by molar-refractivity contribution is -0.156. The molecule has 128 valence electrons. The highest BCUT2D eigenvalue weighted by molar-refractivity contribution is 5.95. The van der Waals surface area contributed by atoms with Gasteiger partial charge >= 0.3 is 18.2 Å². The van der Waals surface area contributed by atoms with Crippen molar-refractivity contribution in [2.24, 2.45) is 0 Å². The molecule has 0 aliphatic rings. The number of benzene rings is 1. The summed E-state index contributed by atoms with van der Waals surface area (Å²) in [4.78, 5) is 24.1. The molecule has 1 unspecified atom stereocenters. The van der Waals surface area contributed by atoms with Crippen LogP contribution in [0.5, 0.6) is 0 Å². The van der Waals surface area contributed by atoms with Crippen molar-refractivity contribution in [2.75, 3.05) is 4.90 Å². The second-order valence-electron chi connectivity index (χ2n) is 5.86. The van der Waals surface area contributed by atoms with Gasteiger partial charge in [0.2, 0.25) is 0 Å². The Hall–Kier alpha value is -2.25. The fraction of sp³-hybridized carbons (Fsp3) is 0.467. The fourth-order valence-electron chi connectivity index (χ4n) is 1.82. The molecule has 1 rings (SSSR count). The Kier molecular flexibility index (Phi) is 5.63. The Balaban J connectivity index is 3.26. The van der Waals surface area contributed by atoms with E-state index >= 15 is 0 Å². The number of carbonyl (C=O) groups excluding carboxylic acids is 1. The highest BCUT2D eigenvalue weighted by Crippen LogP contribution is 2.29. The predicted octanol–water partition coefficient (Wildman–Crippen LogP) is 3.83. The smallest absolute Gasteiger partial charge is 0.415 e. The second kappa shape index (κ2) is 6.89. The molecule has 1 aromatic carbocycles. The molecule has 1 aromatic rings. The van der Waals surface area contributed by atoms with Crippen LogP contribution in [0.1, 0.15) is 27.2 Å². The molecule has 0 fully saturated rings. The van der Waals surface area contributed by atoms with Crippen molar-refractivity contribution >= 4 is 17.7 Å². The molecule has 0 heterocycles. The van der Waals surface area contributed by atoms with Crippen molar-refractivity contribution < 1.29 is 32.6 Å². The Morgan fingerprint density at radius 3 is 2.09 bits per heavy atom. The number of nitrogens with zero attached hydrogens (tertiary/aromatic N) is 1. The number of amides is 1. The van der Waals surface area contributed by atoms with Gasteiger partial charge in [-0.3, -0.25) is 4.90 Å². The van der Waals surface area contributed by atoms with Crippen LogP contribution in [0.25, 0.3) is 0 Å². The molecule has 0 aliphatic carbocycles. The standard InChI is InChI=1S/C15H18F3NO4/c1-14(2,3)23-13(22)19(10-7-5-4-6-8-10)11(12(20)21)9-15(16,17)18/h4-8,11H,9H2,1-3H3,(H,20,21). The molecule has 0 saturated carbocycles. The molecule has 0 aromatic heterocycles. The number of ether oxygens (including phenoxy) is 1. The monoisotopic (exact) mass is 333 g/mol. The number of alkyl halides is 3. The van der Waals surface area contributed by atoms with Crippen molar-refractivity contribution in [3.8, 4) is 0 Å². The third kappa shape index (κ3) is 6.17. The molecular formula is C15H18F3NO4. The number of hydrogen-bond donors (Lipinski definition) is 1. The molecule has 1 N–H and O–H groups in total. The quantitative estimate of drug-likeness (QED) is 0.909. The van der Waals surface area contributed by atoms with Crippen molar-refractivity contribution in [2.45, 2.75) is 45.0 Å². The van der Waals surface area contributed by atoms with Gasteiger partial charge in [-0.15, -0.1) is 0 Å². The van der Waals surface area contributed by atoms with E-state index in [9.17, 15) is 22.8 Å². The molecule has 1 atom stereocenters. The Bertz CT molecular complexity index is 552. The topological polar surface area (TPSA) is 66.8 Å². The zero-order valence-corrected chi connectivity index (χ0v) is 12.9. The maximum Gasteiger partial charge on any atom is 0.415 e. The number of halogens is 3. The van der Waals surface area contributed by atoms with Gasteiger partial charge in [0.25, 0.3) is 0 Å². The van der Waals surface area contributed by atoms with E-state index in [0.717, 1.165) is 0 Å². The zero-order valence-electron chi connectivity index (χ0n) is 12.9.